The van der Waals surface area contributed by atoms with Gasteiger partial charge in [0.15, 0.2) is 0 Å². The lowest BCUT2D eigenvalue weighted by Gasteiger charge is -2.35. The Bertz CT molecular complexity index is 505. The maximum absolute atomic E-state index is 12.6. The molecule has 2 heterocycles. The number of morpholine rings is 1. The Balaban J connectivity index is 1.98. The topological polar surface area (TPSA) is 62.9 Å². The van der Waals surface area contributed by atoms with Crippen LogP contribution in [0.1, 0.15) is 63.6 Å². The molecule has 0 aromatic carbocycles. The molecule has 1 N–H and O–H groups in total. The molecule has 130 valence electrons. The summed E-state index contributed by atoms with van der Waals surface area (Å²) in [6.45, 7) is 7.52. The average Bonchev–Trinajstić information content (AvgIpc) is 2.94. The summed E-state index contributed by atoms with van der Waals surface area (Å²) in [7, 11) is 0. The molecule has 0 spiro atoms. The summed E-state index contributed by atoms with van der Waals surface area (Å²) in [4.78, 5) is 14.4. The van der Waals surface area contributed by atoms with Crippen molar-refractivity contribution in [2.45, 2.75) is 64.6 Å². The molecule has 1 amide bonds. The first-order valence-electron chi connectivity index (χ1n) is 8.65. The van der Waals surface area contributed by atoms with Gasteiger partial charge in [0.1, 0.15) is 17.6 Å². The van der Waals surface area contributed by atoms with Crippen LogP contribution >= 0.6 is 0 Å². The standard InChI is InChI=1S/C18H29NO4/c1-4-8-18(21,9-5-2)12-17(20)19-10-11-22-16(13-19)15-7-6-14(3)23-15/h6-7,16,21H,4-5,8-13H2,1-3H3. The molecule has 23 heavy (non-hydrogen) atoms. The van der Waals surface area contributed by atoms with Gasteiger partial charge in [-0.2, -0.15) is 0 Å². The summed E-state index contributed by atoms with van der Waals surface area (Å²) < 4.78 is 11.3. The highest BCUT2D eigenvalue weighted by molar-refractivity contribution is 5.77. The van der Waals surface area contributed by atoms with Gasteiger partial charge in [0, 0.05) is 6.54 Å². The van der Waals surface area contributed by atoms with Gasteiger partial charge in [0.25, 0.3) is 0 Å². The number of aryl methyl sites for hydroxylation is 1. The van der Waals surface area contributed by atoms with Crippen LogP contribution in [0.5, 0.6) is 0 Å². The third kappa shape index (κ3) is 4.82. The minimum atomic E-state index is -0.879. The Morgan fingerprint density at radius 3 is 2.61 bits per heavy atom. The van der Waals surface area contributed by atoms with Crippen LogP contribution in [0, 0.1) is 6.92 Å². The molecule has 5 heteroatoms. The number of carbonyl (C=O) groups is 1. The second-order valence-corrected chi connectivity index (χ2v) is 6.55. The lowest BCUT2D eigenvalue weighted by Crippen LogP contribution is -2.45. The van der Waals surface area contributed by atoms with Crippen molar-refractivity contribution in [2.24, 2.45) is 0 Å². The Kier molecular flexibility index (Phi) is 6.25. The van der Waals surface area contributed by atoms with Gasteiger partial charge in [0.05, 0.1) is 25.2 Å². The predicted molar refractivity (Wildman–Crippen MR) is 88.1 cm³/mol. The van der Waals surface area contributed by atoms with Crippen molar-refractivity contribution in [1.29, 1.82) is 0 Å². The number of rotatable bonds is 7. The van der Waals surface area contributed by atoms with E-state index in [2.05, 4.69) is 0 Å². The van der Waals surface area contributed by atoms with Gasteiger partial charge in [-0.05, 0) is 31.9 Å². The van der Waals surface area contributed by atoms with Crippen LogP contribution in [-0.2, 0) is 9.53 Å². The van der Waals surface area contributed by atoms with E-state index in [0.29, 0.717) is 32.5 Å². The molecule has 0 radical (unpaired) electrons. The molecule has 1 aliphatic rings. The second-order valence-electron chi connectivity index (χ2n) is 6.55. The average molecular weight is 323 g/mol. The van der Waals surface area contributed by atoms with Crippen molar-refractivity contribution in [3.8, 4) is 0 Å². The first-order valence-corrected chi connectivity index (χ1v) is 8.65. The largest absolute Gasteiger partial charge is 0.464 e. The normalized spacial score (nSPS) is 19.1. The monoisotopic (exact) mass is 323 g/mol. The summed E-state index contributed by atoms with van der Waals surface area (Å²) in [5.74, 6) is 1.61. The summed E-state index contributed by atoms with van der Waals surface area (Å²) in [5, 5.41) is 10.7. The minimum absolute atomic E-state index is 0.00554. The van der Waals surface area contributed by atoms with Gasteiger partial charge in [-0.1, -0.05) is 26.7 Å². The summed E-state index contributed by atoms with van der Waals surface area (Å²) in [5.41, 5.74) is -0.879. The number of hydrogen-bond acceptors (Lipinski definition) is 4. The van der Waals surface area contributed by atoms with Crippen molar-refractivity contribution in [1.82, 2.24) is 4.90 Å². The van der Waals surface area contributed by atoms with Crippen LogP contribution in [-0.4, -0.2) is 41.2 Å². The third-order valence-corrected chi connectivity index (χ3v) is 4.41. The van der Waals surface area contributed by atoms with Crippen LogP contribution < -0.4 is 0 Å². The van der Waals surface area contributed by atoms with Gasteiger partial charge in [-0.25, -0.2) is 0 Å². The molecule has 1 saturated heterocycles. The molecule has 1 fully saturated rings. The van der Waals surface area contributed by atoms with Crippen molar-refractivity contribution >= 4 is 5.91 Å². The fraction of sp³-hybridized carbons (Fsp3) is 0.722. The molecule has 1 aromatic heterocycles. The number of amides is 1. The maximum atomic E-state index is 12.6. The molecule has 2 rings (SSSR count). The summed E-state index contributed by atoms with van der Waals surface area (Å²) in [6, 6.07) is 3.80. The van der Waals surface area contributed by atoms with E-state index in [4.69, 9.17) is 9.15 Å². The quantitative estimate of drug-likeness (QED) is 0.837. The number of furan rings is 1. The molecule has 1 unspecified atom stereocenters. The van der Waals surface area contributed by atoms with E-state index >= 15 is 0 Å². The Morgan fingerprint density at radius 2 is 2.04 bits per heavy atom. The molecule has 1 aromatic rings. The number of aliphatic hydroxyl groups is 1. The van der Waals surface area contributed by atoms with Gasteiger partial charge < -0.3 is 19.2 Å². The van der Waals surface area contributed by atoms with Crippen molar-refractivity contribution in [3.05, 3.63) is 23.7 Å². The van der Waals surface area contributed by atoms with Crippen LogP contribution in [0.4, 0.5) is 0 Å². The van der Waals surface area contributed by atoms with Crippen molar-refractivity contribution in [3.63, 3.8) is 0 Å². The molecule has 0 aliphatic carbocycles. The predicted octanol–water partition coefficient (Wildman–Crippen LogP) is 3.21. The van der Waals surface area contributed by atoms with E-state index in [1.165, 1.54) is 0 Å². The van der Waals surface area contributed by atoms with E-state index < -0.39 is 5.60 Å². The number of nitrogens with zero attached hydrogens (tertiary/aromatic N) is 1. The lowest BCUT2D eigenvalue weighted by molar-refractivity contribution is -0.145. The minimum Gasteiger partial charge on any atom is -0.464 e. The zero-order chi connectivity index (χ0) is 16.9. The molecule has 1 aliphatic heterocycles. The lowest BCUT2D eigenvalue weighted by atomic mass is 9.88. The number of ether oxygens (including phenoxy) is 1. The summed E-state index contributed by atoms with van der Waals surface area (Å²) in [6.07, 6.45) is 3.06. The van der Waals surface area contributed by atoms with Crippen molar-refractivity contribution < 1.29 is 19.1 Å². The zero-order valence-electron chi connectivity index (χ0n) is 14.5. The maximum Gasteiger partial charge on any atom is 0.225 e. The second kappa shape index (κ2) is 7.97. The van der Waals surface area contributed by atoms with Gasteiger partial charge in [-0.3, -0.25) is 4.79 Å². The molecule has 0 saturated carbocycles. The Labute approximate surface area is 138 Å². The molecule has 5 nitrogen and oxygen atoms in total. The van der Waals surface area contributed by atoms with E-state index in [-0.39, 0.29) is 18.4 Å². The van der Waals surface area contributed by atoms with Gasteiger partial charge in [0.2, 0.25) is 5.91 Å². The molecular formula is C18H29NO4. The molecule has 1 atom stereocenters. The van der Waals surface area contributed by atoms with E-state index in [1.54, 1.807) is 4.90 Å². The zero-order valence-corrected chi connectivity index (χ0v) is 14.5. The molecular weight excluding hydrogens is 294 g/mol. The first kappa shape index (κ1) is 18.0. The Morgan fingerprint density at radius 1 is 1.35 bits per heavy atom. The Hall–Kier alpha value is -1.33. The van der Waals surface area contributed by atoms with Gasteiger partial charge >= 0.3 is 0 Å². The number of carbonyl (C=O) groups excluding carboxylic acids is 1. The molecule has 0 bridgehead atoms. The fourth-order valence-corrected chi connectivity index (χ4v) is 3.30. The fourth-order valence-electron chi connectivity index (χ4n) is 3.30. The SMILES string of the molecule is CCCC(O)(CCC)CC(=O)N1CCOC(c2ccc(C)o2)C1. The van der Waals surface area contributed by atoms with E-state index in [1.807, 2.05) is 32.9 Å². The van der Waals surface area contributed by atoms with Crippen LogP contribution in [0.25, 0.3) is 0 Å². The van der Waals surface area contributed by atoms with Crippen LogP contribution in [0.2, 0.25) is 0 Å². The summed E-state index contributed by atoms with van der Waals surface area (Å²) >= 11 is 0. The first-order chi connectivity index (χ1) is 11.0. The van der Waals surface area contributed by atoms with Crippen LogP contribution in [0.3, 0.4) is 0 Å². The highest BCUT2D eigenvalue weighted by Gasteiger charge is 2.33. The van der Waals surface area contributed by atoms with Gasteiger partial charge in [-0.15, -0.1) is 0 Å². The van der Waals surface area contributed by atoms with E-state index in [9.17, 15) is 9.90 Å². The smallest absolute Gasteiger partial charge is 0.225 e. The van der Waals surface area contributed by atoms with E-state index in [0.717, 1.165) is 24.4 Å². The number of hydrogen-bond donors (Lipinski definition) is 1. The highest BCUT2D eigenvalue weighted by atomic mass is 16.5. The highest BCUT2D eigenvalue weighted by Crippen LogP contribution is 2.28. The van der Waals surface area contributed by atoms with Crippen molar-refractivity contribution in [2.75, 3.05) is 19.7 Å². The third-order valence-electron chi connectivity index (χ3n) is 4.41. The van der Waals surface area contributed by atoms with Crippen LogP contribution in [0.15, 0.2) is 16.5 Å².